The number of phenolic OH excluding ortho intramolecular Hbond substituents is 2. The molecule has 278 valence electrons. The van der Waals surface area contributed by atoms with Crippen LogP contribution in [0.2, 0.25) is 0 Å². The van der Waals surface area contributed by atoms with Crippen LogP contribution in [0, 0.1) is 20.2 Å². The van der Waals surface area contributed by atoms with Gasteiger partial charge in [-0.3, -0.25) is 30.2 Å². The Morgan fingerprint density at radius 1 is 0.474 bits per heavy atom. The molecule has 0 saturated carbocycles. The predicted octanol–water partition coefficient (Wildman–Crippen LogP) is 10.1. The van der Waals surface area contributed by atoms with Crippen molar-refractivity contribution in [3.8, 4) is 11.5 Å². The van der Waals surface area contributed by atoms with Crippen molar-refractivity contribution in [2.45, 2.75) is 12.1 Å². The molecule has 6 aromatic carbocycles. The monoisotopic (exact) mass is 944 g/mol. The number of nitro groups is 2. The SMILES string of the molecule is O=[N+]([O-])c1ccc(NC(c2ccccc2)c2ccc3cccnc3c2O)cc1.O=[N+]([O-])c1ccc(NC(c2ccccc2)c2ccc3cccnc3c2O)cc1.[Hg]. The maximum absolute atomic E-state index is 10.9. The minimum Gasteiger partial charge on any atom is -0.505 e. The standard InChI is InChI=1S/2C22H17N3O3.Hg/c2*26-22-19(13-8-16-7-4-14-23-21(16)22)20(15-5-2-1-3-6-15)24-17-9-11-18(12-10-17)25(27)28;/h2*1-14,20,24,26H;. The van der Waals surface area contributed by atoms with Crippen molar-refractivity contribution < 1.29 is 47.7 Å². The van der Waals surface area contributed by atoms with E-state index in [0.717, 1.165) is 21.9 Å². The Morgan fingerprint density at radius 2 is 0.842 bits per heavy atom. The fourth-order valence-electron chi connectivity index (χ4n) is 6.42. The number of aromatic nitrogens is 2. The summed E-state index contributed by atoms with van der Waals surface area (Å²) in [5.41, 5.74) is 5.79. The van der Waals surface area contributed by atoms with Gasteiger partial charge in [-0.2, -0.15) is 0 Å². The number of hydrogen-bond donors (Lipinski definition) is 4. The molecule has 2 atom stereocenters. The topological polar surface area (TPSA) is 177 Å². The van der Waals surface area contributed by atoms with Crippen molar-refractivity contribution in [2.75, 3.05) is 10.6 Å². The molecule has 2 unspecified atom stereocenters. The number of benzene rings is 6. The summed E-state index contributed by atoms with van der Waals surface area (Å²) in [6, 6.07) is 46.2. The van der Waals surface area contributed by atoms with Gasteiger partial charge in [-0.05, 0) is 47.5 Å². The first-order valence-corrected chi connectivity index (χ1v) is 17.5. The van der Waals surface area contributed by atoms with Gasteiger partial charge in [0.1, 0.15) is 22.5 Å². The van der Waals surface area contributed by atoms with Crippen LogP contribution in [-0.4, -0.2) is 30.0 Å². The molecule has 0 saturated heterocycles. The number of rotatable bonds is 10. The molecule has 0 radical (unpaired) electrons. The first-order valence-electron chi connectivity index (χ1n) is 17.5. The minimum absolute atomic E-state index is 0. The van der Waals surface area contributed by atoms with Crippen molar-refractivity contribution in [1.29, 1.82) is 0 Å². The third-order valence-electron chi connectivity index (χ3n) is 9.22. The Labute approximate surface area is 347 Å². The quantitative estimate of drug-likeness (QED) is 0.0586. The molecule has 2 aromatic heterocycles. The van der Waals surface area contributed by atoms with E-state index < -0.39 is 9.85 Å². The van der Waals surface area contributed by atoms with Crippen LogP contribution in [0.1, 0.15) is 34.3 Å². The summed E-state index contributed by atoms with van der Waals surface area (Å²) < 4.78 is 0. The molecule has 0 spiro atoms. The Morgan fingerprint density at radius 3 is 1.19 bits per heavy atom. The summed E-state index contributed by atoms with van der Waals surface area (Å²) in [5.74, 6) is 0.225. The van der Waals surface area contributed by atoms with Crippen molar-refractivity contribution in [3.05, 3.63) is 213 Å². The Hall–Kier alpha value is -6.92. The van der Waals surface area contributed by atoms with Crippen LogP contribution in [-0.2, 0) is 27.7 Å². The van der Waals surface area contributed by atoms with E-state index in [-0.39, 0.29) is 62.6 Å². The molecule has 12 nitrogen and oxygen atoms in total. The Kier molecular flexibility index (Phi) is 12.7. The number of nitrogens with one attached hydrogen (secondary N) is 2. The number of fused-ring (bicyclic) bond motifs is 2. The van der Waals surface area contributed by atoms with Gasteiger partial charge >= 0.3 is 0 Å². The molecule has 0 amide bonds. The zero-order valence-corrected chi connectivity index (χ0v) is 35.8. The van der Waals surface area contributed by atoms with Crippen LogP contribution < -0.4 is 10.6 Å². The zero-order valence-electron chi connectivity index (χ0n) is 30.3. The number of pyridine rings is 2. The van der Waals surface area contributed by atoms with Crippen LogP contribution >= 0.6 is 0 Å². The molecule has 57 heavy (non-hydrogen) atoms. The molecular weight excluding hydrogens is 909 g/mol. The van der Waals surface area contributed by atoms with Gasteiger partial charge in [0.2, 0.25) is 0 Å². The predicted molar refractivity (Wildman–Crippen MR) is 217 cm³/mol. The normalized spacial score (nSPS) is 11.6. The summed E-state index contributed by atoms with van der Waals surface area (Å²) in [6.45, 7) is 0. The number of aromatic hydroxyl groups is 2. The number of nitrogens with zero attached hydrogens (tertiary/aromatic N) is 4. The van der Waals surface area contributed by atoms with Crippen LogP contribution in [0.4, 0.5) is 22.7 Å². The molecule has 0 bridgehead atoms. The minimum atomic E-state index is -0.431. The van der Waals surface area contributed by atoms with E-state index in [9.17, 15) is 30.4 Å². The van der Waals surface area contributed by atoms with E-state index in [4.69, 9.17) is 0 Å². The van der Waals surface area contributed by atoms with Crippen LogP contribution in [0.25, 0.3) is 21.8 Å². The number of hydrogen-bond acceptors (Lipinski definition) is 10. The maximum Gasteiger partial charge on any atom is 0.269 e. The molecular formula is C44H34HgN6O6. The fourth-order valence-corrected chi connectivity index (χ4v) is 6.42. The average molecular weight is 943 g/mol. The van der Waals surface area contributed by atoms with Gasteiger partial charge < -0.3 is 20.8 Å². The van der Waals surface area contributed by atoms with Crippen molar-refractivity contribution >= 4 is 44.6 Å². The second-order valence-electron chi connectivity index (χ2n) is 12.7. The second-order valence-corrected chi connectivity index (χ2v) is 12.7. The summed E-state index contributed by atoms with van der Waals surface area (Å²) in [6.07, 6.45) is 3.29. The van der Waals surface area contributed by atoms with Crippen molar-refractivity contribution in [1.82, 2.24) is 9.97 Å². The van der Waals surface area contributed by atoms with Gasteiger partial charge in [0.05, 0.1) is 21.9 Å². The number of non-ortho nitro benzene ring substituents is 2. The number of phenols is 2. The first-order chi connectivity index (χ1) is 27.3. The molecule has 0 aliphatic heterocycles. The molecule has 0 aliphatic rings. The summed E-state index contributed by atoms with van der Waals surface area (Å²) in [5, 5.41) is 52.0. The van der Waals surface area contributed by atoms with Crippen LogP contribution in [0.15, 0.2) is 170 Å². The molecule has 2 heterocycles. The molecule has 4 N–H and O–H groups in total. The Balaban J connectivity index is 0.000000189. The summed E-state index contributed by atoms with van der Waals surface area (Å²) in [7, 11) is 0. The largest absolute Gasteiger partial charge is 0.505 e. The van der Waals surface area contributed by atoms with Crippen LogP contribution in [0.3, 0.4) is 0 Å². The van der Waals surface area contributed by atoms with Crippen molar-refractivity contribution in [3.63, 3.8) is 0 Å². The van der Waals surface area contributed by atoms with Gasteiger partial charge in [-0.25, -0.2) is 0 Å². The van der Waals surface area contributed by atoms with Gasteiger partial charge in [-0.1, -0.05) is 97.1 Å². The van der Waals surface area contributed by atoms with Crippen molar-refractivity contribution in [2.24, 2.45) is 0 Å². The summed E-state index contributed by atoms with van der Waals surface area (Å²) >= 11 is 0. The van der Waals surface area contributed by atoms with E-state index >= 15 is 0 Å². The smallest absolute Gasteiger partial charge is 0.269 e. The molecule has 13 heteroatoms. The van der Waals surface area contributed by atoms with Gasteiger partial charge in [-0.15, -0.1) is 0 Å². The van der Waals surface area contributed by atoms with Gasteiger partial charge in [0.15, 0.2) is 0 Å². The number of nitro benzene ring substituents is 2. The van der Waals surface area contributed by atoms with E-state index in [1.807, 2.05) is 109 Å². The summed E-state index contributed by atoms with van der Waals surface area (Å²) in [4.78, 5) is 29.5. The van der Waals surface area contributed by atoms with E-state index in [1.54, 1.807) is 36.7 Å². The Bertz CT molecular complexity index is 2450. The molecule has 0 aliphatic carbocycles. The zero-order chi connectivity index (χ0) is 39.0. The van der Waals surface area contributed by atoms with Crippen LogP contribution in [0.5, 0.6) is 11.5 Å². The third kappa shape index (κ3) is 9.14. The third-order valence-corrected chi connectivity index (χ3v) is 9.22. The van der Waals surface area contributed by atoms with Gasteiger partial charge in [0.25, 0.3) is 11.4 Å². The first kappa shape index (κ1) is 39.8. The van der Waals surface area contributed by atoms with E-state index in [1.165, 1.54) is 24.3 Å². The molecule has 8 aromatic rings. The molecule has 0 fully saturated rings. The number of anilines is 2. The van der Waals surface area contributed by atoms with E-state index in [2.05, 4.69) is 20.6 Å². The fraction of sp³-hybridized carbons (Fsp3) is 0.0455. The van der Waals surface area contributed by atoms with E-state index in [0.29, 0.717) is 33.5 Å². The van der Waals surface area contributed by atoms with Gasteiger partial charge in [0, 0.05) is 97.6 Å². The average Bonchev–Trinajstić information content (AvgIpc) is 3.24. The second kappa shape index (κ2) is 18.1. The molecule has 8 rings (SSSR count). The maximum atomic E-state index is 10.9.